The van der Waals surface area contributed by atoms with Crippen LogP contribution >= 0.6 is 45.2 Å². The van der Waals surface area contributed by atoms with Crippen molar-refractivity contribution in [2.75, 3.05) is 0 Å². The molecule has 2 aromatic rings. The number of halogens is 2. The lowest BCUT2D eigenvalue weighted by Gasteiger charge is -2.14. The van der Waals surface area contributed by atoms with Crippen molar-refractivity contribution in [3.63, 3.8) is 0 Å². The molecule has 0 heterocycles. The van der Waals surface area contributed by atoms with Crippen LogP contribution in [0.1, 0.15) is 18.1 Å². The molecule has 0 aromatic heterocycles. The summed E-state index contributed by atoms with van der Waals surface area (Å²) in [5.41, 5.74) is 2.01. The number of hydrogen-bond donors (Lipinski definition) is 1. The summed E-state index contributed by atoms with van der Waals surface area (Å²) in [6, 6.07) is 9.34. The molecule has 0 aliphatic rings. The third kappa shape index (κ3) is 6.43. The number of carbonyl (C=O) groups excluding carboxylic acids is 1. The van der Waals surface area contributed by atoms with Gasteiger partial charge in [0.05, 0.1) is 4.90 Å². The van der Waals surface area contributed by atoms with Gasteiger partial charge in [0.15, 0.2) is 0 Å². The molecule has 0 saturated heterocycles. The van der Waals surface area contributed by atoms with Crippen LogP contribution in [0.4, 0.5) is 0 Å². The Bertz CT molecular complexity index is 968. The first-order valence-corrected chi connectivity index (χ1v) is 11.2. The van der Waals surface area contributed by atoms with Crippen LogP contribution in [0.15, 0.2) is 53.4 Å². The second-order valence-electron chi connectivity index (χ2n) is 5.62. The first kappa shape index (κ1) is 22.1. The fraction of sp³-hybridized carbons (Fsp3) is 0.167. The van der Waals surface area contributed by atoms with Crippen LogP contribution in [-0.4, -0.2) is 18.9 Å². The predicted molar refractivity (Wildman–Crippen MR) is 117 cm³/mol. The van der Waals surface area contributed by atoms with Crippen LogP contribution in [0.25, 0.3) is 0 Å². The van der Waals surface area contributed by atoms with Crippen molar-refractivity contribution in [1.29, 1.82) is 0 Å². The molecule has 0 fully saturated rings. The Morgan fingerprint density at radius 2 is 1.78 bits per heavy atom. The van der Waals surface area contributed by atoms with Crippen LogP contribution < -0.4 is 4.74 Å². The Morgan fingerprint density at radius 1 is 1.15 bits per heavy atom. The molecule has 9 heteroatoms. The summed E-state index contributed by atoms with van der Waals surface area (Å²) in [7, 11) is -4.24. The van der Waals surface area contributed by atoms with Gasteiger partial charge in [-0.3, -0.25) is 4.55 Å². The van der Waals surface area contributed by atoms with Gasteiger partial charge in [-0.15, -0.1) is 0 Å². The topological polar surface area (TPSA) is 89.9 Å². The van der Waals surface area contributed by atoms with Crippen LogP contribution in [0.3, 0.4) is 0 Å². The molecule has 0 spiro atoms. The molecular formula is C18H16I2O6S. The van der Waals surface area contributed by atoms with E-state index in [-0.39, 0.29) is 18.1 Å². The van der Waals surface area contributed by atoms with Gasteiger partial charge in [-0.1, -0.05) is 6.58 Å². The molecule has 0 unspecified atom stereocenters. The van der Waals surface area contributed by atoms with E-state index < -0.39 is 16.1 Å². The van der Waals surface area contributed by atoms with Gasteiger partial charge in [-0.25, -0.2) is 4.79 Å². The van der Waals surface area contributed by atoms with Crippen molar-refractivity contribution < 1.29 is 27.2 Å². The Kier molecular flexibility index (Phi) is 7.65. The maximum Gasteiger partial charge on any atom is 0.333 e. The number of carbonyl (C=O) groups is 1. The summed E-state index contributed by atoms with van der Waals surface area (Å²) in [6.07, 6.45) is 0. The Hall–Kier alpha value is -1.18. The van der Waals surface area contributed by atoms with Crippen molar-refractivity contribution in [2.45, 2.75) is 25.0 Å². The fourth-order valence-corrected chi connectivity index (χ4v) is 4.68. The highest BCUT2D eigenvalue weighted by molar-refractivity contribution is 14.1. The van der Waals surface area contributed by atoms with E-state index in [1.807, 2.05) is 12.1 Å². The lowest BCUT2D eigenvalue weighted by atomic mass is 10.1. The number of rotatable bonds is 7. The third-order valence-electron chi connectivity index (χ3n) is 3.46. The van der Waals surface area contributed by atoms with Gasteiger partial charge >= 0.3 is 5.97 Å². The molecule has 144 valence electrons. The normalized spacial score (nSPS) is 11.1. The molecule has 0 aliphatic heterocycles. The molecule has 1 N–H and O–H groups in total. The summed E-state index contributed by atoms with van der Waals surface area (Å²) in [5.74, 6) is -0.0156. The summed E-state index contributed by atoms with van der Waals surface area (Å²) >= 11 is 4.37. The number of hydrogen-bond acceptors (Lipinski definition) is 5. The van der Waals surface area contributed by atoms with E-state index in [0.717, 1.165) is 18.3 Å². The smallest absolute Gasteiger partial charge is 0.333 e. The minimum Gasteiger partial charge on any atom is -0.489 e. The van der Waals surface area contributed by atoms with Crippen LogP contribution in [0.2, 0.25) is 0 Å². The van der Waals surface area contributed by atoms with E-state index in [1.54, 1.807) is 6.92 Å². The zero-order valence-electron chi connectivity index (χ0n) is 14.2. The van der Waals surface area contributed by atoms with E-state index in [1.165, 1.54) is 24.3 Å². The van der Waals surface area contributed by atoms with E-state index in [9.17, 15) is 13.2 Å². The van der Waals surface area contributed by atoms with Gasteiger partial charge in [-0.05, 0) is 94.1 Å². The summed E-state index contributed by atoms with van der Waals surface area (Å²) < 4.78 is 44.1. The van der Waals surface area contributed by atoms with Crippen LogP contribution in [-0.2, 0) is 32.9 Å². The van der Waals surface area contributed by atoms with E-state index in [2.05, 4.69) is 51.8 Å². The quantitative estimate of drug-likeness (QED) is 0.216. The summed E-state index contributed by atoms with van der Waals surface area (Å²) in [4.78, 5) is 11.5. The van der Waals surface area contributed by atoms with E-state index in [0.29, 0.717) is 11.3 Å². The molecular weight excluding hydrogens is 598 g/mol. The molecule has 27 heavy (non-hydrogen) atoms. The minimum absolute atomic E-state index is 0.0985. The van der Waals surface area contributed by atoms with Gasteiger partial charge in [0.2, 0.25) is 0 Å². The van der Waals surface area contributed by atoms with Crippen molar-refractivity contribution in [1.82, 2.24) is 0 Å². The molecule has 0 aliphatic carbocycles. The van der Waals surface area contributed by atoms with Crippen LogP contribution in [0, 0.1) is 7.14 Å². The highest BCUT2D eigenvalue weighted by Gasteiger charge is 2.13. The molecule has 0 radical (unpaired) electrons. The van der Waals surface area contributed by atoms with E-state index >= 15 is 0 Å². The average Bonchev–Trinajstić information content (AvgIpc) is 2.58. The maximum atomic E-state index is 11.7. The molecule has 0 amide bonds. The standard InChI is InChI=1S/C18H16I2O6S/c1-11(2)18(21)26-10-16-12(7-13(19)8-17(16)20)9-25-14-3-5-15(6-4-14)27(22,23)24/h3-8H,1,9-10H2,2H3,(H,22,23,24). The predicted octanol–water partition coefficient (Wildman–Crippen LogP) is 4.34. The number of ether oxygens (including phenoxy) is 2. The van der Waals surface area contributed by atoms with Crippen molar-refractivity contribution in [2.24, 2.45) is 0 Å². The van der Waals surface area contributed by atoms with Crippen molar-refractivity contribution in [3.8, 4) is 5.75 Å². The van der Waals surface area contributed by atoms with Gasteiger partial charge in [0, 0.05) is 18.3 Å². The largest absolute Gasteiger partial charge is 0.489 e. The second kappa shape index (κ2) is 9.34. The van der Waals surface area contributed by atoms with Crippen LogP contribution in [0.5, 0.6) is 5.75 Å². The fourth-order valence-electron chi connectivity index (χ4n) is 2.08. The molecule has 2 rings (SSSR count). The van der Waals surface area contributed by atoms with Crippen molar-refractivity contribution >= 4 is 61.3 Å². The Morgan fingerprint density at radius 3 is 2.33 bits per heavy atom. The highest BCUT2D eigenvalue weighted by Crippen LogP contribution is 2.24. The van der Waals surface area contributed by atoms with Gasteiger partial charge in [0.1, 0.15) is 19.0 Å². The number of benzene rings is 2. The first-order valence-electron chi connectivity index (χ1n) is 7.57. The van der Waals surface area contributed by atoms with Gasteiger partial charge in [0.25, 0.3) is 10.1 Å². The lowest BCUT2D eigenvalue weighted by Crippen LogP contribution is -2.09. The Labute approximate surface area is 185 Å². The number of esters is 1. The zero-order valence-corrected chi connectivity index (χ0v) is 19.4. The molecule has 0 bridgehead atoms. The average molecular weight is 614 g/mol. The molecule has 0 saturated carbocycles. The highest BCUT2D eigenvalue weighted by atomic mass is 127. The molecule has 2 aromatic carbocycles. The van der Waals surface area contributed by atoms with Crippen molar-refractivity contribution in [3.05, 3.63) is 66.8 Å². The minimum atomic E-state index is -4.24. The first-order chi connectivity index (χ1) is 12.6. The molecule has 0 atom stereocenters. The summed E-state index contributed by atoms with van der Waals surface area (Å²) in [5, 5.41) is 0. The molecule has 6 nitrogen and oxygen atoms in total. The SMILES string of the molecule is C=C(C)C(=O)OCc1c(I)cc(I)cc1COc1ccc(S(=O)(=O)O)cc1. The maximum absolute atomic E-state index is 11.7. The third-order valence-corrected chi connectivity index (χ3v) is 5.92. The zero-order chi connectivity index (χ0) is 20.2. The van der Waals surface area contributed by atoms with Gasteiger partial charge < -0.3 is 9.47 Å². The monoisotopic (exact) mass is 614 g/mol. The summed E-state index contributed by atoms with van der Waals surface area (Å²) in [6.45, 7) is 5.45. The lowest BCUT2D eigenvalue weighted by molar-refractivity contribution is -0.140. The second-order valence-corrected chi connectivity index (χ2v) is 9.45. The Balaban J connectivity index is 2.17. The van der Waals surface area contributed by atoms with E-state index in [4.69, 9.17) is 14.0 Å². The van der Waals surface area contributed by atoms with Gasteiger partial charge in [-0.2, -0.15) is 8.42 Å².